The van der Waals surface area contributed by atoms with Gasteiger partial charge in [0.25, 0.3) is 0 Å². The Kier molecular flexibility index (Phi) is 3.42. The van der Waals surface area contributed by atoms with E-state index in [0.29, 0.717) is 19.5 Å². The normalized spacial score (nSPS) is 19.8. The van der Waals surface area contributed by atoms with Gasteiger partial charge in [-0.05, 0) is 6.92 Å². The third-order valence-electron chi connectivity index (χ3n) is 2.79. The minimum atomic E-state index is -0.214. The third-order valence-corrected chi connectivity index (χ3v) is 3.76. The molecule has 6 heteroatoms. The first-order valence-corrected chi connectivity index (χ1v) is 6.37. The third kappa shape index (κ3) is 2.82. The molecule has 2 amide bonds. The quantitative estimate of drug-likeness (QED) is 0.855. The van der Waals surface area contributed by atoms with Gasteiger partial charge in [0.2, 0.25) is 11.8 Å². The van der Waals surface area contributed by atoms with Gasteiger partial charge in [-0.3, -0.25) is 9.59 Å². The Morgan fingerprint density at radius 2 is 2.47 bits per heavy atom. The molecule has 0 saturated carbocycles. The van der Waals surface area contributed by atoms with Gasteiger partial charge in [-0.2, -0.15) is 0 Å². The fraction of sp³-hybridized carbons (Fsp3) is 0.545. The summed E-state index contributed by atoms with van der Waals surface area (Å²) in [5.74, 6) is -0.237. The molecule has 0 bridgehead atoms. The van der Waals surface area contributed by atoms with E-state index in [-0.39, 0.29) is 17.7 Å². The van der Waals surface area contributed by atoms with Crippen molar-refractivity contribution in [2.45, 2.75) is 19.9 Å². The smallest absolute Gasteiger partial charge is 0.225 e. The van der Waals surface area contributed by atoms with E-state index in [4.69, 9.17) is 0 Å². The van der Waals surface area contributed by atoms with E-state index < -0.39 is 0 Å². The summed E-state index contributed by atoms with van der Waals surface area (Å²) in [6.45, 7) is 2.89. The Bertz CT molecular complexity index is 444. The molecule has 0 radical (unpaired) electrons. The number of rotatable bonds is 3. The number of amides is 2. The van der Waals surface area contributed by atoms with Crippen LogP contribution in [0.5, 0.6) is 0 Å². The molecule has 1 aliphatic rings. The van der Waals surface area contributed by atoms with Crippen LogP contribution < -0.4 is 5.32 Å². The Morgan fingerprint density at radius 3 is 3.00 bits per heavy atom. The van der Waals surface area contributed by atoms with E-state index in [0.717, 1.165) is 10.7 Å². The number of carbonyl (C=O) groups is 2. The van der Waals surface area contributed by atoms with E-state index >= 15 is 0 Å². The van der Waals surface area contributed by atoms with Crippen LogP contribution in [0.1, 0.15) is 17.1 Å². The van der Waals surface area contributed by atoms with Crippen molar-refractivity contribution in [3.63, 3.8) is 0 Å². The Labute approximate surface area is 104 Å². The van der Waals surface area contributed by atoms with Crippen LogP contribution in [0.4, 0.5) is 0 Å². The molecular weight excluding hydrogens is 238 g/mol. The summed E-state index contributed by atoms with van der Waals surface area (Å²) in [7, 11) is 1.72. The van der Waals surface area contributed by atoms with Gasteiger partial charge in [-0.25, -0.2) is 4.98 Å². The highest BCUT2D eigenvalue weighted by Gasteiger charge is 2.31. The standard InChI is InChI=1S/C11H15N3O2S/c1-7-6-17-9(13-7)4-12-11(16)8-3-10(15)14(2)5-8/h6,8H,3-5H2,1-2H3,(H,12,16)/t8-/m0/s1. The maximum Gasteiger partial charge on any atom is 0.225 e. The first-order chi connectivity index (χ1) is 8.06. The largest absolute Gasteiger partial charge is 0.349 e. The lowest BCUT2D eigenvalue weighted by atomic mass is 10.1. The first kappa shape index (κ1) is 12.0. The number of nitrogens with one attached hydrogen (secondary N) is 1. The number of nitrogens with zero attached hydrogens (tertiary/aromatic N) is 2. The maximum atomic E-state index is 11.8. The number of carbonyl (C=O) groups excluding carboxylic acids is 2. The molecular formula is C11H15N3O2S. The molecule has 92 valence electrons. The predicted octanol–water partition coefficient (Wildman–Crippen LogP) is 0.546. The molecule has 1 atom stereocenters. The lowest BCUT2D eigenvalue weighted by Gasteiger charge is -2.09. The topological polar surface area (TPSA) is 62.3 Å². The highest BCUT2D eigenvalue weighted by atomic mass is 32.1. The Morgan fingerprint density at radius 1 is 1.71 bits per heavy atom. The molecule has 0 aliphatic carbocycles. The van der Waals surface area contributed by atoms with Gasteiger partial charge in [-0.15, -0.1) is 11.3 Å². The summed E-state index contributed by atoms with van der Waals surface area (Å²) in [6.07, 6.45) is 0.319. The molecule has 17 heavy (non-hydrogen) atoms. The molecule has 5 nitrogen and oxygen atoms in total. The van der Waals surface area contributed by atoms with Gasteiger partial charge in [0.05, 0.1) is 12.5 Å². The van der Waals surface area contributed by atoms with Crippen molar-refractivity contribution in [1.29, 1.82) is 0 Å². The molecule has 1 aromatic rings. The molecule has 1 N–H and O–H groups in total. The van der Waals surface area contributed by atoms with Gasteiger partial charge in [0, 0.05) is 31.1 Å². The van der Waals surface area contributed by atoms with Crippen molar-refractivity contribution in [1.82, 2.24) is 15.2 Å². The molecule has 1 saturated heterocycles. The van der Waals surface area contributed by atoms with E-state index in [1.807, 2.05) is 12.3 Å². The van der Waals surface area contributed by atoms with Crippen LogP contribution in [0.3, 0.4) is 0 Å². The summed E-state index contributed by atoms with van der Waals surface area (Å²) in [4.78, 5) is 29.0. The number of aromatic nitrogens is 1. The zero-order valence-corrected chi connectivity index (χ0v) is 10.7. The number of thiazole rings is 1. The zero-order chi connectivity index (χ0) is 12.4. The van der Waals surface area contributed by atoms with Crippen molar-refractivity contribution in [3.8, 4) is 0 Å². The van der Waals surface area contributed by atoms with Gasteiger partial charge in [-0.1, -0.05) is 0 Å². The van der Waals surface area contributed by atoms with Gasteiger partial charge >= 0.3 is 0 Å². The fourth-order valence-electron chi connectivity index (χ4n) is 1.83. The second kappa shape index (κ2) is 4.83. The fourth-order valence-corrected chi connectivity index (χ4v) is 2.54. The van der Waals surface area contributed by atoms with Crippen molar-refractivity contribution in [2.75, 3.05) is 13.6 Å². The van der Waals surface area contributed by atoms with E-state index in [2.05, 4.69) is 10.3 Å². The number of aryl methyl sites for hydroxylation is 1. The molecule has 2 heterocycles. The highest BCUT2D eigenvalue weighted by molar-refractivity contribution is 7.09. The zero-order valence-electron chi connectivity index (χ0n) is 9.90. The van der Waals surface area contributed by atoms with Crippen LogP contribution in [-0.4, -0.2) is 35.3 Å². The maximum absolute atomic E-state index is 11.8. The monoisotopic (exact) mass is 253 g/mol. The van der Waals surface area contributed by atoms with Crippen molar-refractivity contribution >= 4 is 23.2 Å². The lowest BCUT2D eigenvalue weighted by molar-refractivity contribution is -0.128. The van der Waals surface area contributed by atoms with Gasteiger partial charge in [0.1, 0.15) is 5.01 Å². The van der Waals surface area contributed by atoms with Crippen LogP contribution >= 0.6 is 11.3 Å². The average Bonchev–Trinajstić information content (AvgIpc) is 2.83. The summed E-state index contributed by atoms with van der Waals surface area (Å²) in [5, 5.41) is 5.67. The van der Waals surface area contributed by atoms with Crippen molar-refractivity contribution in [3.05, 3.63) is 16.1 Å². The highest BCUT2D eigenvalue weighted by Crippen LogP contribution is 2.16. The SMILES string of the molecule is Cc1csc(CNC(=O)[C@H]2CC(=O)N(C)C2)n1. The molecule has 1 aliphatic heterocycles. The number of hydrogen-bond acceptors (Lipinski definition) is 4. The summed E-state index contributed by atoms with van der Waals surface area (Å²) in [6, 6.07) is 0. The predicted molar refractivity (Wildman–Crippen MR) is 64.4 cm³/mol. The van der Waals surface area contributed by atoms with E-state index in [9.17, 15) is 9.59 Å². The van der Waals surface area contributed by atoms with Crippen LogP contribution in [0, 0.1) is 12.8 Å². The minimum Gasteiger partial charge on any atom is -0.349 e. The second-order valence-electron chi connectivity index (χ2n) is 4.28. The van der Waals surface area contributed by atoms with Crippen molar-refractivity contribution in [2.24, 2.45) is 5.92 Å². The summed E-state index contributed by atoms with van der Waals surface area (Å²) >= 11 is 1.53. The lowest BCUT2D eigenvalue weighted by Crippen LogP contribution is -2.31. The van der Waals surface area contributed by atoms with Crippen molar-refractivity contribution < 1.29 is 9.59 Å². The van der Waals surface area contributed by atoms with Gasteiger partial charge in [0.15, 0.2) is 0 Å². The molecule has 1 aromatic heterocycles. The molecule has 2 rings (SSSR count). The first-order valence-electron chi connectivity index (χ1n) is 5.49. The second-order valence-corrected chi connectivity index (χ2v) is 5.22. The minimum absolute atomic E-state index is 0.0373. The average molecular weight is 253 g/mol. The molecule has 0 spiro atoms. The van der Waals surface area contributed by atoms with Crippen LogP contribution in [-0.2, 0) is 16.1 Å². The Balaban J connectivity index is 1.84. The Hall–Kier alpha value is -1.43. The summed E-state index contributed by atoms with van der Waals surface area (Å²) < 4.78 is 0. The number of hydrogen-bond donors (Lipinski definition) is 1. The van der Waals surface area contributed by atoms with E-state index in [1.165, 1.54) is 11.3 Å². The van der Waals surface area contributed by atoms with Crippen LogP contribution in [0.25, 0.3) is 0 Å². The molecule has 1 fully saturated rings. The molecule has 0 unspecified atom stereocenters. The van der Waals surface area contributed by atoms with Crippen LogP contribution in [0.2, 0.25) is 0 Å². The van der Waals surface area contributed by atoms with Gasteiger partial charge < -0.3 is 10.2 Å². The summed E-state index contributed by atoms with van der Waals surface area (Å²) in [5.41, 5.74) is 0.968. The van der Waals surface area contributed by atoms with Crippen LogP contribution in [0.15, 0.2) is 5.38 Å². The molecule has 0 aromatic carbocycles. The van der Waals surface area contributed by atoms with E-state index in [1.54, 1.807) is 11.9 Å². The number of likely N-dealkylation sites (tertiary alicyclic amines) is 1.